The Bertz CT molecular complexity index is 688. The molecule has 1 amide bonds. The molecule has 1 saturated carbocycles. The molecule has 0 unspecified atom stereocenters. The number of aryl methyl sites for hydroxylation is 2. The maximum absolute atomic E-state index is 12.5. The highest BCUT2D eigenvalue weighted by Gasteiger charge is 2.22. The van der Waals surface area contributed by atoms with E-state index in [2.05, 4.69) is 35.6 Å². The summed E-state index contributed by atoms with van der Waals surface area (Å²) in [7, 11) is 0. The number of carbonyl (C=O) groups is 1. The van der Waals surface area contributed by atoms with Crippen LogP contribution in [0.15, 0.2) is 30.3 Å². The van der Waals surface area contributed by atoms with Gasteiger partial charge in [-0.3, -0.25) is 4.79 Å². The Hall–Kier alpha value is -1.83. The van der Waals surface area contributed by atoms with Crippen LogP contribution < -0.4 is 5.32 Å². The Kier molecular flexibility index (Phi) is 3.17. The molecule has 2 aliphatic rings. The second kappa shape index (κ2) is 5.18. The van der Waals surface area contributed by atoms with Gasteiger partial charge in [0.05, 0.1) is 0 Å². The van der Waals surface area contributed by atoms with Crippen molar-refractivity contribution in [1.29, 1.82) is 0 Å². The fourth-order valence-electron chi connectivity index (χ4n) is 3.96. The number of anilines is 1. The Balaban J connectivity index is 1.67. The van der Waals surface area contributed by atoms with Gasteiger partial charge in [0.2, 0.25) is 5.91 Å². The first-order valence-electron chi connectivity index (χ1n) is 8.17. The molecular formula is C19H21NO. The minimum atomic E-state index is 0.210. The molecule has 0 spiro atoms. The molecule has 108 valence electrons. The minimum absolute atomic E-state index is 0.210. The molecule has 2 aromatic carbocycles. The van der Waals surface area contributed by atoms with E-state index in [-0.39, 0.29) is 11.8 Å². The fraction of sp³-hybridized carbons (Fsp3) is 0.421. The summed E-state index contributed by atoms with van der Waals surface area (Å²) in [6.45, 7) is 0. The highest BCUT2D eigenvalue weighted by Crippen LogP contribution is 2.35. The second-order valence-corrected chi connectivity index (χ2v) is 6.44. The minimum Gasteiger partial charge on any atom is -0.325 e. The maximum Gasteiger partial charge on any atom is 0.227 e. The lowest BCUT2D eigenvalue weighted by Gasteiger charge is -2.21. The zero-order valence-electron chi connectivity index (χ0n) is 12.3. The van der Waals surface area contributed by atoms with Crippen molar-refractivity contribution in [3.8, 4) is 0 Å². The molecule has 4 rings (SSSR count). The van der Waals surface area contributed by atoms with Gasteiger partial charge in [-0.15, -0.1) is 0 Å². The van der Waals surface area contributed by atoms with E-state index in [0.717, 1.165) is 31.4 Å². The quantitative estimate of drug-likeness (QED) is 0.864. The lowest BCUT2D eigenvalue weighted by molar-refractivity contribution is -0.120. The van der Waals surface area contributed by atoms with Crippen molar-refractivity contribution in [3.05, 3.63) is 41.5 Å². The van der Waals surface area contributed by atoms with Gasteiger partial charge in [-0.2, -0.15) is 0 Å². The number of nitrogens with one attached hydrogen (secondary N) is 1. The lowest BCUT2D eigenvalue weighted by atomic mass is 9.88. The second-order valence-electron chi connectivity index (χ2n) is 6.44. The summed E-state index contributed by atoms with van der Waals surface area (Å²) in [5.74, 6) is 0.426. The molecule has 0 bridgehead atoms. The predicted octanol–water partition coefficient (Wildman–Crippen LogP) is 4.46. The summed E-state index contributed by atoms with van der Waals surface area (Å²) in [4.78, 5) is 12.5. The summed E-state index contributed by atoms with van der Waals surface area (Å²) < 4.78 is 0. The Morgan fingerprint density at radius 2 is 1.71 bits per heavy atom. The monoisotopic (exact) mass is 279 g/mol. The Morgan fingerprint density at radius 1 is 0.952 bits per heavy atom. The van der Waals surface area contributed by atoms with Crippen LogP contribution in [0.2, 0.25) is 0 Å². The van der Waals surface area contributed by atoms with Crippen LogP contribution in [0.3, 0.4) is 0 Å². The Labute approximate surface area is 125 Å². The number of hydrogen-bond acceptors (Lipinski definition) is 1. The van der Waals surface area contributed by atoms with Crippen LogP contribution in [-0.4, -0.2) is 5.91 Å². The summed E-state index contributed by atoms with van der Waals surface area (Å²) in [6.07, 6.45) is 8.04. The average Bonchev–Trinajstić information content (AvgIpc) is 2.96. The van der Waals surface area contributed by atoms with Crippen molar-refractivity contribution >= 4 is 22.4 Å². The molecule has 0 atom stereocenters. The van der Waals surface area contributed by atoms with E-state index < -0.39 is 0 Å². The van der Waals surface area contributed by atoms with Crippen molar-refractivity contribution in [2.24, 2.45) is 5.92 Å². The first-order valence-corrected chi connectivity index (χ1v) is 8.17. The van der Waals surface area contributed by atoms with Crippen molar-refractivity contribution in [1.82, 2.24) is 0 Å². The maximum atomic E-state index is 12.5. The van der Waals surface area contributed by atoms with E-state index >= 15 is 0 Å². The van der Waals surface area contributed by atoms with Crippen LogP contribution in [-0.2, 0) is 17.6 Å². The van der Waals surface area contributed by atoms with Crippen LogP contribution in [0.5, 0.6) is 0 Å². The predicted molar refractivity (Wildman–Crippen MR) is 86.6 cm³/mol. The van der Waals surface area contributed by atoms with E-state index in [1.807, 2.05) is 0 Å². The van der Waals surface area contributed by atoms with Gasteiger partial charge >= 0.3 is 0 Å². The van der Waals surface area contributed by atoms with Crippen LogP contribution in [0.25, 0.3) is 10.8 Å². The van der Waals surface area contributed by atoms with Crippen molar-refractivity contribution in [2.45, 2.75) is 44.9 Å². The highest BCUT2D eigenvalue weighted by atomic mass is 16.1. The lowest BCUT2D eigenvalue weighted by Crippen LogP contribution is -2.24. The van der Waals surface area contributed by atoms with Gasteiger partial charge < -0.3 is 5.32 Å². The third kappa shape index (κ3) is 2.23. The molecule has 0 aromatic heterocycles. The number of rotatable bonds is 2. The summed E-state index contributed by atoms with van der Waals surface area (Å²) in [6, 6.07) is 10.8. The number of benzene rings is 2. The van der Waals surface area contributed by atoms with Crippen molar-refractivity contribution in [2.75, 3.05) is 5.32 Å². The third-order valence-electron chi connectivity index (χ3n) is 5.11. The first kappa shape index (κ1) is 12.9. The normalized spacial score (nSPS) is 18.1. The van der Waals surface area contributed by atoms with Gasteiger partial charge in [0.1, 0.15) is 0 Å². The molecule has 1 fully saturated rings. The molecule has 1 N–H and O–H groups in total. The number of carbonyl (C=O) groups excluding carboxylic acids is 1. The van der Waals surface area contributed by atoms with Crippen LogP contribution in [0.4, 0.5) is 5.69 Å². The molecule has 0 heterocycles. The molecule has 0 saturated heterocycles. The van der Waals surface area contributed by atoms with E-state index in [1.165, 1.54) is 41.2 Å². The van der Waals surface area contributed by atoms with Crippen molar-refractivity contribution in [3.63, 3.8) is 0 Å². The summed E-state index contributed by atoms with van der Waals surface area (Å²) in [5.41, 5.74) is 3.85. The fourth-order valence-corrected chi connectivity index (χ4v) is 3.96. The molecule has 2 nitrogen and oxygen atoms in total. The van der Waals surface area contributed by atoms with Gasteiger partial charge in [-0.1, -0.05) is 43.5 Å². The molecule has 21 heavy (non-hydrogen) atoms. The van der Waals surface area contributed by atoms with Gasteiger partial charge in [-0.25, -0.2) is 0 Å². The van der Waals surface area contributed by atoms with Gasteiger partial charge in [0, 0.05) is 17.0 Å². The highest BCUT2D eigenvalue weighted by molar-refractivity contribution is 6.05. The topological polar surface area (TPSA) is 29.1 Å². The van der Waals surface area contributed by atoms with Crippen LogP contribution in [0.1, 0.15) is 43.2 Å². The zero-order valence-corrected chi connectivity index (χ0v) is 12.3. The van der Waals surface area contributed by atoms with Crippen LogP contribution in [0, 0.1) is 5.92 Å². The standard InChI is InChI=1S/C19H21NO/c21-19(15-5-2-1-3-6-15)20-17-12-11-14-10-9-13-7-4-8-16(17)18(13)14/h4,7-8,11-12,15H,1-3,5-6,9-10H2,(H,20,21). The van der Waals surface area contributed by atoms with E-state index in [4.69, 9.17) is 0 Å². The van der Waals surface area contributed by atoms with E-state index in [0.29, 0.717) is 0 Å². The van der Waals surface area contributed by atoms with Gasteiger partial charge in [-0.05, 0) is 48.3 Å². The zero-order chi connectivity index (χ0) is 14.2. The smallest absolute Gasteiger partial charge is 0.227 e. The largest absolute Gasteiger partial charge is 0.325 e. The Morgan fingerprint density at radius 3 is 2.52 bits per heavy atom. The molecule has 2 aromatic rings. The van der Waals surface area contributed by atoms with E-state index in [1.54, 1.807) is 0 Å². The average molecular weight is 279 g/mol. The van der Waals surface area contributed by atoms with Gasteiger partial charge in [0.15, 0.2) is 0 Å². The molecular weight excluding hydrogens is 258 g/mol. The van der Waals surface area contributed by atoms with Crippen LogP contribution >= 0.6 is 0 Å². The molecule has 0 radical (unpaired) electrons. The molecule has 2 heteroatoms. The molecule has 0 aliphatic heterocycles. The van der Waals surface area contributed by atoms with E-state index in [9.17, 15) is 4.79 Å². The van der Waals surface area contributed by atoms with Gasteiger partial charge in [0.25, 0.3) is 0 Å². The first-order chi connectivity index (χ1) is 10.3. The SMILES string of the molecule is O=C(Nc1ccc2c3c(cccc13)CC2)C1CCCCC1. The summed E-state index contributed by atoms with van der Waals surface area (Å²) >= 11 is 0. The number of amides is 1. The number of hydrogen-bond donors (Lipinski definition) is 1. The third-order valence-corrected chi connectivity index (χ3v) is 5.11. The van der Waals surface area contributed by atoms with Crippen molar-refractivity contribution < 1.29 is 4.79 Å². The summed E-state index contributed by atoms with van der Waals surface area (Å²) in [5, 5.41) is 5.79. The molecule has 2 aliphatic carbocycles.